The van der Waals surface area contributed by atoms with E-state index in [1.807, 2.05) is 48.5 Å². The van der Waals surface area contributed by atoms with Crippen LogP contribution in [0.15, 0.2) is 78.9 Å². The molecule has 0 spiro atoms. The molecule has 1 atom stereocenters. The standard InChI is InChI=1S/C28H30ClFN2O2/c1-2-3-17-31-28(34)26(18-21-11-5-4-6-12-21)32(20-23-14-7-9-15-24(23)29)27(33)19-22-13-8-10-16-25(22)30/h4-16,26H,2-3,17-20H2,1H3,(H,31,34)/t26-/m1/s1. The molecule has 0 aliphatic rings. The van der Waals surface area contributed by atoms with Crippen molar-refractivity contribution in [2.75, 3.05) is 6.54 Å². The molecule has 34 heavy (non-hydrogen) atoms. The Hall–Kier alpha value is -3.18. The van der Waals surface area contributed by atoms with E-state index in [0.29, 0.717) is 23.6 Å². The average molecular weight is 481 g/mol. The van der Waals surface area contributed by atoms with E-state index in [1.54, 1.807) is 24.3 Å². The first-order valence-electron chi connectivity index (χ1n) is 11.6. The van der Waals surface area contributed by atoms with Crippen molar-refractivity contribution in [2.45, 2.75) is 45.2 Å². The van der Waals surface area contributed by atoms with Crippen LogP contribution in [-0.2, 0) is 29.0 Å². The lowest BCUT2D eigenvalue weighted by Crippen LogP contribution is -2.51. The van der Waals surface area contributed by atoms with Crippen molar-refractivity contribution >= 4 is 23.4 Å². The van der Waals surface area contributed by atoms with Gasteiger partial charge in [0.25, 0.3) is 0 Å². The zero-order valence-electron chi connectivity index (χ0n) is 19.3. The fourth-order valence-corrected chi connectivity index (χ4v) is 3.97. The quantitative estimate of drug-likeness (QED) is 0.364. The van der Waals surface area contributed by atoms with Gasteiger partial charge in [0.15, 0.2) is 0 Å². The Kier molecular flexibility index (Phi) is 9.65. The number of benzene rings is 3. The third-order valence-corrected chi connectivity index (χ3v) is 6.07. The minimum atomic E-state index is -0.769. The smallest absolute Gasteiger partial charge is 0.243 e. The summed E-state index contributed by atoms with van der Waals surface area (Å²) in [7, 11) is 0. The summed E-state index contributed by atoms with van der Waals surface area (Å²) in [6, 6.07) is 22.3. The van der Waals surface area contributed by atoms with E-state index in [1.165, 1.54) is 11.0 Å². The maximum atomic E-state index is 14.3. The Morgan fingerprint density at radius 3 is 2.26 bits per heavy atom. The number of carbonyl (C=O) groups excluding carboxylic acids is 2. The summed E-state index contributed by atoms with van der Waals surface area (Å²) in [6.45, 7) is 2.73. The van der Waals surface area contributed by atoms with Gasteiger partial charge in [-0.2, -0.15) is 0 Å². The summed E-state index contributed by atoms with van der Waals surface area (Å²) in [5.74, 6) is -1.01. The maximum Gasteiger partial charge on any atom is 0.243 e. The van der Waals surface area contributed by atoms with E-state index >= 15 is 0 Å². The predicted molar refractivity (Wildman–Crippen MR) is 134 cm³/mol. The zero-order valence-corrected chi connectivity index (χ0v) is 20.1. The largest absolute Gasteiger partial charge is 0.354 e. The zero-order chi connectivity index (χ0) is 24.3. The monoisotopic (exact) mass is 480 g/mol. The molecule has 0 aromatic heterocycles. The van der Waals surface area contributed by atoms with Crippen LogP contribution in [0.5, 0.6) is 0 Å². The topological polar surface area (TPSA) is 49.4 Å². The molecular formula is C28H30ClFN2O2. The van der Waals surface area contributed by atoms with E-state index < -0.39 is 11.9 Å². The van der Waals surface area contributed by atoms with Gasteiger partial charge in [0, 0.05) is 24.5 Å². The maximum absolute atomic E-state index is 14.3. The van der Waals surface area contributed by atoms with E-state index in [-0.39, 0.29) is 24.8 Å². The van der Waals surface area contributed by atoms with E-state index in [2.05, 4.69) is 12.2 Å². The molecule has 2 amide bonds. The van der Waals surface area contributed by atoms with Crippen LogP contribution in [0.25, 0.3) is 0 Å². The lowest BCUT2D eigenvalue weighted by molar-refractivity contribution is -0.140. The summed E-state index contributed by atoms with van der Waals surface area (Å²) < 4.78 is 14.3. The molecule has 0 saturated carbocycles. The summed E-state index contributed by atoms with van der Waals surface area (Å²) in [4.78, 5) is 28.5. The predicted octanol–water partition coefficient (Wildman–Crippen LogP) is 5.58. The molecule has 0 radical (unpaired) electrons. The van der Waals surface area contributed by atoms with Gasteiger partial charge in [0.05, 0.1) is 6.42 Å². The first-order chi connectivity index (χ1) is 16.5. The second-order valence-electron chi connectivity index (χ2n) is 8.23. The van der Waals surface area contributed by atoms with Crippen LogP contribution < -0.4 is 5.32 Å². The highest BCUT2D eigenvalue weighted by molar-refractivity contribution is 6.31. The number of rotatable bonds is 11. The molecule has 3 aromatic carbocycles. The molecule has 0 fully saturated rings. The van der Waals surface area contributed by atoms with Crippen molar-refractivity contribution in [3.63, 3.8) is 0 Å². The lowest BCUT2D eigenvalue weighted by Gasteiger charge is -2.32. The van der Waals surface area contributed by atoms with Crippen LogP contribution in [0.3, 0.4) is 0 Å². The fourth-order valence-electron chi connectivity index (χ4n) is 3.78. The molecule has 0 heterocycles. The third kappa shape index (κ3) is 7.16. The van der Waals surface area contributed by atoms with E-state index in [9.17, 15) is 14.0 Å². The molecule has 178 valence electrons. The Balaban J connectivity index is 1.96. The Bertz CT molecular complexity index is 1090. The number of nitrogens with one attached hydrogen (secondary N) is 1. The molecule has 3 rings (SSSR count). The summed E-state index contributed by atoms with van der Waals surface area (Å²) in [6.07, 6.45) is 1.98. The van der Waals surface area contributed by atoms with Gasteiger partial charge >= 0.3 is 0 Å². The molecule has 0 unspecified atom stereocenters. The van der Waals surface area contributed by atoms with Crippen LogP contribution in [-0.4, -0.2) is 29.3 Å². The molecular weight excluding hydrogens is 451 g/mol. The number of unbranched alkanes of at least 4 members (excludes halogenated alkanes) is 1. The summed E-state index contributed by atoms with van der Waals surface area (Å²) in [5, 5.41) is 3.49. The molecule has 0 aliphatic heterocycles. The van der Waals surface area contributed by atoms with Gasteiger partial charge in [-0.1, -0.05) is 91.7 Å². The van der Waals surface area contributed by atoms with Gasteiger partial charge in [0.2, 0.25) is 11.8 Å². The second-order valence-corrected chi connectivity index (χ2v) is 8.64. The van der Waals surface area contributed by atoms with Crippen molar-refractivity contribution in [1.29, 1.82) is 0 Å². The molecule has 0 aliphatic carbocycles. The molecule has 0 bridgehead atoms. The minimum Gasteiger partial charge on any atom is -0.354 e. The first kappa shape index (κ1) is 25.4. The van der Waals surface area contributed by atoms with Gasteiger partial charge in [0.1, 0.15) is 11.9 Å². The Morgan fingerprint density at radius 2 is 1.59 bits per heavy atom. The minimum absolute atomic E-state index is 0.145. The van der Waals surface area contributed by atoms with Crippen molar-refractivity contribution in [1.82, 2.24) is 10.2 Å². The van der Waals surface area contributed by atoms with Gasteiger partial charge < -0.3 is 10.2 Å². The van der Waals surface area contributed by atoms with Crippen molar-refractivity contribution in [3.05, 3.63) is 106 Å². The van der Waals surface area contributed by atoms with Gasteiger partial charge in [-0.15, -0.1) is 0 Å². The van der Waals surface area contributed by atoms with Crippen molar-refractivity contribution in [3.8, 4) is 0 Å². The normalized spacial score (nSPS) is 11.6. The second kappa shape index (κ2) is 12.9. The molecule has 3 aromatic rings. The highest BCUT2D eigenvalue weighted by Crippen LogP contribution is 2.22. The average Bonchev–Trinajstić information content (AvgIpc) is 2.84. The van der Waals surface area contributed by atoms with Crippen LogP contribution in [0.2, 0.25) is 5.02 Å². The van der Waals surface area contributed by atoms with Crippen molar-refractivity contribution < 1.29 is 14.0 Å². The Labute approximate surface area is 205 Å². The van der Waals surface area contributed by atoms with E-state index in [0.717, 1.165) is 24.0 Å². The number of nitrogens with zero attached hydrogens (tertiary/aromatic N) is 1. The summed E-state index contributed by atoms with van der Waals surface area (Å²) in [5.41, 5.74) is 1.95. The summed E-state index contributed by atoms with van der Waals surface area (Å²) >= 11 is 6.41. The Morgan fingerprint density at radius 1 is 0.941 bits per heavy atom. The van der Waals surface area contributed by atoms with Crippen LogP contribution >= 0.6 is 11.6 Å². The van der Waals surface area contributed by atoms with Gasteiger partial charge in [-0.3, -0.25) is 9.59 Å². The number of hydrogen-bond acceptors (Lipinski definition) is 2. The highest BCUT2D eigenvalue weighted by atomic mass is 35.5. The van der Waals surface area contributed by atoms with Crippen LogP contribution in [0.1, 0.15) is 36.5 Å². The van der Waals surface area contributed by atoms with Gasteiger partial charge in [-0.05, 0) is 35.2 Å². The fraction of sp³-hybridized carbons (Fsp3) is 0.286. The van der Waals surface area contributed by atoms with Gasteiger partial charge in [-0.25, -0.2) is 4.39 Å². The lowest BCUT2D eigenvalue weighted by atomic mass is 10.0. The number of amides is 2. The number of hydrogen-bond donors (Lipinski definition) is 1. The van der Waals surface area contributed by atoms with E-state index in [4.69, 9.17) is 11.6 Å². The molecule has 0 saturated heterocycles. The first-order valence-corrected chi connectivity index (χ1v) is 11.9. The van der Waals surface area contributed by atoms with Crippen LogP contribution in [0.4, 0.5) is 4.39 Å². The van der Waals surface area contributed by atoms with Crippen LogP contribution in [0, 0.1) is 5.82 Å². The highest BCUT2D eigenvalue weighted by Gasteiger charge is 2.31. The third-order valence-electron chi connectivity index (χ3n) is 5.70. The SMILES string of the molecule is CCCCNC(=O)[C@@H](Cc1ccccc1)N(Cc1ccccc1Cl)C(=O)Cc1ccccc1F. The molecule has 1 N–H and O–H groups in total. The number of carbonyl (C=O) groups is 2. The molecule has 6 heteroatoms. The van der Waals surface area contributed by atoms with Crippen molar-refractivity contribution in [2.24, 2.45) is 0 Å². The number of halogens is 2. The molecule has 4 nitrogen and oxygen atoms in total.